The van der Waals surface area contributed by atoms with Gasteiger partial charge in [-0.3, -0.25) is 0 Å². The zero-order chi connectivity index (χ0) is 13.0. The molecule has 0 aliphatic carbocycles. The van der Waals surface area contributed by atoms with Crippen molar-refractivity contribution in [3.8, 4) is 17.7 Å². The van der Waals surface area contributed by atoms with Gasteiger partial charge in [-0.15, -0.1) is 11.0 Å². The Labute approximate surface area is 120 Å². The minimum absolute atomic E-state index is 0.365. The number of ether oxygens (including phenoxy) is 1. The number of benzene rings is 1. The number of rotatable bonds is 3. The van der Waals surface area contributed by atoms with Crippen molar-refractivity contribution in [1.82, 2.24) is 7.99 Å². The highest BCUT2D eigenvalue weighted by Gasteiger charge is 2.06. The maximum atomic E-state index is 5.95. The number of anilines is 1. The molecule has 1 aromatic carbocycles. The second kappa shape index (κ2) is 5.78. The van der Waals surface area contributed by atoms with E-state index in [1.165, 1.54) is 0 Å². The molecule has 0 aliphatic heterocycles. The van der Waals surface area contributed by atoms with Crippen molar-refractivity contribution >= 4 is 28.6 Å². The van der Waals surface area contributed by atoms with Crippen LogP contribution in [0.2, 0.25) is 0 Å². The number of nitrogen functional groups attached to an aromatic ring is 1. The average molecular weight is 353 g/mol. The number of aromatic nitrogens is 2. The molecule has 0 bridgehead atoms. The second-order valence-corrected chi connectivity index (χ2v) is 4.57. The standard InChI is InChI=1S/C13H12IN3O/c1-2-4-10-5-3-6-12(15)11(10)9-18-13-7-8-17(14)16-13/h3,5-8H,9,15H2,1H3. The molecule has 0 radical (unpaired) electrons. The fourth-order valence-corrected chi connectivity index (χ4v) is 1.90. The van der Waals surface area contributed by atoms with Crippen LogP contribution in [0.15, 0.2) is 30.5 Å². The van der Waals surface area contributed by atoms with Crippen LogP contribution in [-0.2, 0) is 6.61 Å². The number of hydrogen-bond donors (Lipinski definition) is 1. The summed E-state index contributed by atoms with van der Waals surface area (Å²) in [5, 5.41) is 4.14. The first-order valence-electron chi connectivity index (χ1n) is 5.35. The largest absolute Gasteiger partial charge is 0.472 e. The lowest BCUT2D eigenvalue weighted by molar-refractivity contribution is 0.293. The van der Waals surface area contributed by atoms with Crippen LogP contribution in [0.1, 0.15) is 18.1 Å². The molecule has 0 aliphatic rings. The van der Waals surface area contributed by atoms with Crippen molar-refractivity contribution in [3.63, 3.8) is 0 Å². The lowest BCUT2D eigenvalue weighted by Gasteiger charge is -2.08. The molecule has 0 saturated heterocycles. The highest BCUT2D eigenvalue weighted by atomic mass is 127. The Hall–Kier alpha value is -1.68. The molecule has 0 atom stereocenters. The van der Waals surface area contributed by atoms with E-state index >= 15 is 0 Å². The molecule has 5 heteroatoms. The van der Waals surface area contributed by atoms with Crippen LogP contribution in [-0.4, -0.2) is 7.99 Å². The molecule has 0 spiro atoms. The van der Waals surface area contributed by atoms with Crippen LogP contribution in [0.25, 0.3) is 0 Å². The normalized spacial score (nSPS) is 9.67. The minimum atomic E-state index is 0.365. The van der Waals surface area contributed by atoms with E-state index < -0.39 is 0 Å². The van der Waals surface area contributed by atoms with Crippen molar-refractivity contribution in [1.29, 1.82) is 0 Å². The van der Waals surface area contributed by atoms with Gasteiger partial charge in [-0.05, 0) is 19.1 Å². The zero-order valence-corrected chi connectivity index (χ0v) is 12.0. The molecular weight excluding hydrogens is 341 g/mol. The summed E-state index contributed by atoms with van der Waals surface area (Å²) in [6, 6.07) is 7.47. The van der Waals surface area contributed by atoms with Gasteiger partial charge in [-0.1, -0.05) is 12.0 Å². The summed E-state index contributed by atoms with van der Waals surface area (Å²) in [6.07, 6.45) is 1.82. The third-order valence-corrected chi connectivity index (χ3v) is 2.91. The van der Waals surface area contributed by atoms with Gasteiger partial charge in [-0.25, -0.2) is 2.90 Å². The molecule has 0 unspecified atom stereocenters. The predicted octanol–water partition coefficient (Wildman–Crippen LogP) is 2.61. The quantitative estimate of drug-likeness (QED) is 0.524. The molecule has 0 fully saturated rings. The maximum Gasteiger partial charge on any atom is 0.233 e. The fraction of sp³-hybridized carbons (Fsp3) is 0.154. The molecule has 18 heavy (non-hydrogen) atoms. The van der Waals surface area contributed by atoms with Gasteiger partial charge in [0.05, 0.1) is 22.9 Å². The van der Waals surface area contributed by atoms with Crippen LogP contribution >= 0.6 is 22.9 Å². The molecular formula is C13H12IN3O. The first kappa shape index (κ1) is 12.8. The van der Waals surface area contributed by atoms with Crippen LogP contribution < -0.4 is 10.5 Å². The molecule has 1 aromatic heterocycles. The molecule has 0 amide bonds. The Morgan fingerprint density at radius 2 is 2.28 bits per heavy atom. The van der Waals surface area contributed by atoms with Gasteiger partial charge >= 0.3 is 0 Å². The van der Waals surface area contributed by atoms with Crippen LogP contribution in [0.3, 0.4) is 0 Å². The molecule has 0 saturated carbocycles. The van der Waals surface area contributed by atoms with Crippen LogP contribution in [0.4, 0.5) is 5.69 Å². The predicted molar refractivity (Wildman–Crippen MR) is 79.4 cm³/mol. The van der Waals surface area contributed by atoms with E-state index in [4.69, 9.17) is 10.5 Å². The van der Waals surface area contributed by atoms with Gasteiger partial charge < -0.3 is 10.5 Å². The Balaban J connectivity index is 2.19. The van der Waals surface area contributed by atoms with E-state index in [0.717, 1.165) is 11.1 Å². The Bertz CT molecular complexity index is 610. The molecule has 4 nitrogen and oxygen atoms in total. The number of halogens is 1. The van der Waals surface area contributed by atoms with Gasteiger partial charge in [0.15, 0.2) is 0 Å². The van der Waals surface area contributed by atoms with Crippen LogP contribution in [0, 0.1) is 11.8 Å². The monoisotopic (exact) mass is 353 g/mol. The minimum Gasteiger partial charge on any atom is -0.472 e. The van der Waals surface area contributed by atoms with Gasteiger partial charge in [0, 0.05) is 29.1 Å². The van der Waals surface area contributed by atoms with E-state index in [2.05, 4.69) is 39.8 Å². The fourth-order valence-electron chi connectivity index (χ4n) is 1.53. The van der Waals surface area contributed by atoms with Crippen molar-refractivity contribution in [3.05, 3.63) is 41.6 Å². The molecule has 1 heterocycles. The van der Waals surface area contributed by atoms with Crippen molar-refractivity contribution < 1.29 is 4.74 Å². The van der Waals surface area contributed by atoms with E-state index in [-0.39, 0.29) is 0 Å². The van der Waals surface area contributed by atoms with Gasteiger partial charge in [0.25, 0.3) is 0 Å². The summed E-state index contributed by atoms with van der Waals surface area (Å²) in [5.74, 6) is 6.47. The van der Waals surface area contributed by atoms with E-state index in [9.17, 15) is 0 Å². The average Bonchev–Trinajstić information content (AvgIpc) is 2.75. The third-order valence-electron chi connectivity index (χ3n) is 2.37. The summed E-state index contributed by atoms with van der Waals surface area (Å²) < 4.78 is 7.26. The summed E-state index contributed by atoms with van der Waals surface area (Å²) in [4.78, 5) is 0. The Kier molecular flexibility index (Phi) is 4.10. The first-order valence-corrected chi connectivity index (χ1v) is 6.32. The van der Waals surface area contributed by atoms with Gasteiger partial charge in [0.2, 0.25) is 5.88 Å². The number of hydrogen-bond acceptors (Lipinski definition) is 3. The van der Waals surface area contributed by atoms with Gasteiger partial charge in [-0.2, -0.15) is 0 Å². The van der Waals surface area contributed by atoms with Gasteiger partial charge in [0.1, 0.15) is 6.61 Å². The molecule has 2 N–H and O–H groups in total. The summed E-state index contributed by atoms with van der Waals surface area (Å²) in [7, 11) is 0. The van der Waals surface area contributed by atoms with Crippen molar-refractivity contribution in [2.24, 2.45) is 0 Å². The number of nitrogens with two attached hydrogens (primary N) is 1. The van der Waals surface area contributed by atoms with Crippen molar-refractivity contribution in [2.75, 3.05) is 5.73 Å². The summed E-state index contributed by atoms with van der Waals surface area (Å²) in [6.45, 7) is 2.16. The van der Waals surface area contributed by atoms with E-state index in [1.54, 1.807) is 15.9 Å². The van der Waals surface area contributed by atoms with Crippen molar-refractivity contribution in [2.45, 2.75) is 13.5 Å². The lowest BCUT2D eigenvalue weighted by Crippen LogP contribution is -2.03. The zero-order valence-electron chi connectivity index (χ0n) is 9.85. The smallest absolute Gasteiger partial charge is 0.233 e. The highest BCUT2D eigenvalue weighted by Crippen LogP contribution is 2.19. The Morgan fingerprint density at radius 1 is 1.44 bits per heavy atom. The Morgan fingerprint density at radius 3 is 2.94 bits per heavy atom. The number of nitrogens with zero attached hydrogens (tertiary/aromatic N) is 2. The maximum absolute atomic E-state index is 5.95. The third kappa shape index (κ3) is 2.96. The molecule has 92 valence electrons. The van der Waals surface area contributed by atoms with Crippen LogP contribution in [0.5, 0.6) is 5.88 Å². The van der Waals surface area contributed by atoms with E-state index in [0.29, 0.717) is 18.2 Å². The molecule has 2 rings (SSSR count). The highest BCUT2D eigenvalue weighted by molar-refractivity contribution is 14.1. The topological polar surface area (TPSA) is 53.1 Å². The SMILES string of the molecule is CC#Cc1cccc(N)c1COc1ccn(I)n1. The second-order valence-electron chi connectivity index (χ2n) is 3.58. The molecule has 2 aromatic rings. The van der Waals surface area contributed by atoms with E-state index in [1.807, 2.05) is 24.4 Å². The summed E-state index contributed by atoms with van der Waals surface area (Å²) in [5.41, 5.74) is 8.42. The lowest BCUT2D eigenvalue weighted by atomic mass is 10.1. The first-order chi connectivity index (χ1) is 8.70. The summed E-state index contributed by atoms with van der Waals surface area (Å²) >= 11 is 2.06.